The number of hydrogen-bond donors (Lipinski definition) is 0. The zero-order chi connectivity index (χ0) is 12.5. The number of hydrogen-bond acceptors (Lipinski definition) is 1. The summed E-state index contributed by atoms with van der Waals surface area (Å²) in [6, 6.07) is 0.265. The molecule has 0 unspecified atom stereocenters. The van der Waals surface area contributed by atoms with Gasteiger partial charge >= 0.3 is 6.18 Å². The predicted molar refractivity (Wildman–Crippen MR) is 46.8 cm³/mol. The van der Waals surface area contributed by atoms with Crippen molar-refractivity contribution in [3.8, 4) is 0 Å². The minimum atomic E-state index is -4.79. The lowest BCUT2D eigenvalue weighted by atomic mass is 10.1. The zero-order valence-corrected chi connectivity index (χ0v) is 8.99. The van der Waals surface area contributed by atoms with Crippen LogP contribution in [0.25, 0.3) is 0 Å². The molecule has 1 atom stereocenters. The molecule has 0 radical (unpaired) electrons. The molecule has 0 saturated carbocycles. The molecule has 1 aromatic heterocycles. The first-order valence-electron chi connectivity index (χ1n) is 3.88. The number of nitrogens with zero attached hydrogens (tertiary/aromatic N) is 1. The molecule has 0 aliphatic carbocycles. The summed E-state index contributed by atoms with van der Waals surface area (Å²) in [5, 5.41) is 0. The topological polar surface area (TPSA) is 12.9 Å². The smallest absolute Gasteiger partial charge is 0.251 e. The van der Waals surface area contributed by atoms with E-state index in [1.54, 1.807) is 0 Å². The number of rotatable bonds is 2. The van der Waals surface area contributed by atoms with Gasteiger partial charge in [0.2, 0.25) is 0 Å². The van der Waals surface area contributed by atoms with Gasteiger partial charge in [-0.15, -0.1) is 0 Å². The Kier molecular flexibility index (Phi) is 3.82. The van der Waals surface area contributed by atoms with Gasteiger partial charge in [0.25, 0.3) is 6.43 Å². The van der Waals surface area contributed by atoms with Crippen LogP contribution < -0.4 is 0 Å². The lowest BCUT2D eigenvalue weighted by Crippen LogP contribution is -2.11. The quantitative estimate of drug-likeness (QED) is 0.748. The maximum atomic E-state index is 12.9. The normalized spacial score (nSPS) is 14.2. The first kappa shape index (κ1) is 13.3. The minimum absolute atomic E-state index is 0.228. The largest absolute Gasteiger partial charge is 0.433 e. The molecule has 0 amide bonds. The molecule has 0 N–H and O–H groups in total. The molecule has 16 heavy (non-hydrogen) atoms. The fourth-order valence-corrected chi connectivity index (χ4v) is 1.39. The maximum Gasteiger partial charge on any atom is 0.433 e. The van der Waals surface area contributed by atoms with Crippen molar-refractivity contribution in [3.63, 3.8) is 0 Å². The first-order chi connectivity index (χ1) is 7.23. The molecule has 1 heterocycles. The highest BCUT2D eigenvalue weighted by molar-refractivity contribution is 9.10. The summed E-state index contributed by atoms with van der Waals surface area (Å²) in [6.45, 7) is 0. The number of aromatic nitrogens is 1. The summed E-state index contributed by atoms with van der Waals surface area (Å²) < 4.78 is 73.3. The molecule has 90 valence electrons. The van der Waals surface area contributed by atoms with E-state index in [1.165, 1.54) is 0 Å². The zero-order valence-electron chi connectivity index (χ0n) is 7.40. The molecule has 8 heteroatoms. The van der Waals surface area contributed by atoms with E-state index in [-0.39, 0.29) is 10.5 Å². The van der Waals surface area contributed by atoms with Gasteiger partial charge in [0.1, 0.15) is 5.69 Å². The monoisotopic (exact) mass is 307 g/mol. The molecule has 1 aromatic rings. The van der Waals surface area contributed by atoms with E-state index in [1.807, 2.05) is 0 Å². The van der Waals surface area contributed by atoms with Crippen molar-refractivity contribution in [1.82, 2.24) is 4.98 Å². The molecule has 0 aliphatic heterocycles. The van der Waals surface area contributed by atoms with Crippen LogP contribution >= 0.6 is 15.9 Å². The molecular weight excluding hydrogens is 304 g/mol. The van der Waals surface area contributed by atoms with Crippen molar-refractivity contribution in [2.24, 2.45) is 0 Å². The third kappa shape index (κ3) is 2.87. The second kappa shape index (κ2) is 4.60. The summed E-state index contributed by atoms with van der Waals surface area (Å²) in [4.78, 5) is 2.97. The number of halogens is 7. The van der Waals surface area contributed by atoms with Crippen LogP contribution in [0.1, 0.15) is 17.4 Å². The molecule has 0 aromatic carbocycles. The average molecular weight is 308 g/mol. The fourth-order valence-electron chi connectivity index (χ4n) is 0.956. The first-order valence-corrected chi connectivity index (χ1v) is 4.67. The second-order valence-corrected chi connectivity index (χ2v) is 3.68. The van der Waals surface area contributed by atoms with E-state index in [2.05, 4.69) is 20.9 Å². The fraction of sp³-hybridized carbons (Fsp3) is 0.375. The van der Waals surface area contributed by atoms with Gasteiger partial charge in [-0.05, 0) is 22.0 Å². The van der Waals surface area contributed by atoms with Crippen molar-refractivity contribution >= 4 is 15.9 Å². The summed E-state index contributed by atoms with van der Waals surface area (Å²) in [6.07, 6.45) is -10.3. The van der Waals surface area contributed by atoms with Crippen molar-refractivity contribution in [3.05, 3.63) is 28.0 Å². The lowest BCUT2D eigenvalue weighted by Gasteiger charge is -2.12. The van der Waals surface area contributed by atoms with Gasteiger partial charge in [-0.2, -0.15) is 13.2 Å². The van der Waals surface area contributed by atoms with Crippen molar-refractivity contribution in [1.29, 1.82) is 0 Å². The Morgan fingerprint density at radius 1 is 1.19 bits per heavy atom. The van der Waals surface area contributed by atoms with Gasteiger partial charge in [0, 0.05) is 16.2 Å². The third-order valence-corrected chi connectivity index (χ3v) is 2.36. The Balaban J connectivity index is 3.19. The maximum absolute atomic E-state index is 12.9. The Morgan fingerprint density at radius 2 is 1.75 bits per heavy atom. The summed E-state index contributed by atoms with van der Waals surface area (Å²) in [5.41, 5.74) is -2.17. The van der Waals surface area contributed by atoms with Crippen LogP contribution in [0.3, 0.4) is 0 Å². The highest BCUT2D eigenvalue weighted by atomic mass is 79.9. The van der Waals surface area contributed by atoms with Crippen LogP contribution in [0.5, 0.6) is 0 Å². The van der Waals surface area contributed by atoms with Gasteiger partial charge in [-0.25, -0.2) is 13.2 Å². The van der Waals surface area contributed by atoms with Crippen LogP contribution in [0, 0.1) is 0 Å². The van der Waals surface area contributed by atoms with Crippen LogP contribution in [0.2, 0.25) is 0 Å². The second-order valence-electron chi connectivity index (χ2n) is 2.83. The Labute approximate surface area is 94.6 Å². The van der Waals surface area contributed by atoms with Crippen molar-refractivity contribution < 1.29 is 26.3 Å². The molecule has 1 rings (SSSR count). The van der Waals surface area contributed by atoms with Gasteiger partial charge in [0.05, 0.1) is 0 Å². The van der Waals surface area contributed by atoms with E-state index < -0.39 is 30.0 Å². The molecule has 0 fully saturated rings. The van der Waals surface area contributed by atoms with Gasteiger partial charge < -0.3 is 0 Å². The highest BCUT2D eigenvalue weighted by Crippen LogP contribution is 2.35. The third-order valence-electron chi connectivity index (χ3n) is 1.69. The van der Waals surface area contributed by atoms with Gasteiger partial charge in [-0.3, -0.25) is 4.98 Å². The number of alkyl halides is 6. The van der Waals surface area contributed by atoms with E-state index in [9.17, 15) is 26.3 Å². The standard InChI is InChI=1S/C8H4BrF6N/c9-4-2-16-5(8(13,14)15)1-3(4)6(10)7(11)12/h1-2,6-7H/t6-/m0/s1. The minimum Gasteiger partial charge on any atom is -0.251 e. The molecule has 0 bridgehead atoms. The van der Waals surface area contributed by atoms with Crippen molar-refractivity contribution in [2.75, 3.05) is 0 Å². The van der Waals surface area contributed by atoms with E-state index in [4.69, 9.17) is 0 Å². The van der Waals surface area contributed by atoms with E-state index >= 15 is 0 Å². The molecule has 0 spiro atoms. The van der Waals surface area contributed by atoms with Crippen LogP contribution in [0.15, 0.2) is 16.7 Å². The molecule has 0 aliphatic rings. The van der Waals surface area contributed by atoms with Crippen molar-refractivity contribution in [2.45, 2.75) is 18.8 Å². The summed E-state index contributed by atoms with van der Waals surface area (Å²) in [5.74, 6) is 0. The Morgan fingerprint density at radius 3 is 2.19 bits per heavy atom. The molecule has 0 saturated heterocycles. The predicted octanol–water partition coefficient (Wildman–Crippen LogP) is 4.14. The van der Waals surface area contributed by atoms with Gasteiger partial charge in [-0.1, -0.05) is 0 Å². The average Bonchev–Trinajstić information content (AvgIpc) is 2.15. The van der Waals surface area contributed by atoms with E-state index in [0.717, 1.165) is 0 Å². The highest BCUT2D eigenvalue weighted by Gasteiger charge is 2.34. The molecule has 1 nitrogen and oxygen atoms in total. The van der Waals surface area contributed by atoms with Crippen LogP contribution in [-0.4, -0.2) is 11.4 Å². The summed E-state index contributed by atoms with van der Waals surface area (Å²) >= 11 is 2.66. The van der Waals surface area contributed by atoms with Gasteiger partial charge in [0.15, 0.2) is 6.17 Å². The SMILES string of the molecule is FC(F)[C@@H](F)c1cc(C(F)(F)F)ncc1Br. The summed E-state index contributed by atoms with van der Waals surface area (Å²) in [7, 11) is 0. The Bertz CT molecular complexity index is 377. The lowest BCUT2D eigenvalue weighted by molar-refractivity contribution is -0.141. The van der Waals surface area contributed by atoms with E-state index in [0.29, 0.717) is 6.20 Å². The number of pyridine rings is 1. The van der Waals surface area contributed by atoms with Crippen LogP contribution in [0.4, 0.5) is 26.3 Å². The van der Waals surface area contributed by atoms with Crippen LogP contribution in [-0.2, 0) is 6.18 Å². The Hall–Kier alpha value is -0.790. The molecular formula is C8H4BrF6N.